The molecule has 1 aromatic rings. The van der Waals surface area contributed by atoms with E-state index in [2.05, 4.69) is 4.90 Å². The second-order valence-electron chi connectivity index (χ2n) is 5.62. The molecule has 1 N–H and O–H groups in total. The summed E-state index contributed by atoms with van der Waals surface area (Å²) in [7, 11) is 0. The first kappa shape index (κ1) is 14.4. The number of fused-ring (bicyclic) bond motifs is 1. The van der Waals surface area contributed by atoms with Crippen LogP contribution in [-0.2, 0) is 4.74 Å². The summed E-state index contributed by atoms with van der Waals surface area (Å²) >= 11 is 0. The lowest BCUT2D eigenvalue weighted by Crippen LogP contribution is -2.49. The number of ether oxygens (including phenoxy) is 2. The van der Waals surface area contributed by atoms with Gasteiger partial charge in [0, 0.05) is 19.1 Å². The van der Waals surface area contributed by atoms with E-state index in [0.29, 0.717) is 18.8 Å². The van der Waals surface area contributed by atoms with Gasteiger partial charge in [-0.2, -0.15) is 0 Å². The maximum Gasteiger partial charge on any atom is 0.335 e. The molecule has 114 valence electrons. The van der Waals surface area contributed by atoms with E-state index >= 15 is 0 Å². The van der Waals surface area contributed by atoms with Crippen LogP contribution in [0, 0.1) is 0 Å². The molecule has 2 fully saturated rings. The van der Waals surface area contributed by atoms with Crippen molar-refractivity contribution in [3.63, 3.8) is 0 Å². The van der Waals surface area contributed by atoms with Crippen molar-refractivity contribution in [3.8, 4) is 5.75 Å². The molecule has 0 bridgehead atoms. The van der Waals surface area contributed by atoms with Gasteiger partial charge in [-0.1, -0.05) is 0 Å². The quantitative estimate of drug-likeness (QED) is 0.899. The second kappa shape index (κ2) is 6.45. The number of benzene rings is 1. The van der Waals surface area contributed by atoms with Crippen LogP contribution in [-0.4, -0.2) is 54.4 Å². The normalized spacial score (nSPS) is 25.5. The van der Waals surface area contributed by atoms with Gasteiger partial charge in [0.05, 0.1) is 18.3 Å². The average Bonchev–Trinajstić information content (AvgIpc) is 2.97. The second-order valence-corrected chi connectivity index (χ2v) is 5.62. The maximum atomic E-state index is 10.8. The van der Waals surface area contributed by atoms with E-state index in [1.54, 1.807) is 24.3 Å². The summed E-state index contributed by atoms with van der Waals surface area (Å²) < 4.78 is 11.5. The highest BCUT2D eigenvalue weighted by Crippen LogP contribution is 2.29. The largest absolute Gasteiger partial charge is 0.492 e. The predicted octanol–water partition coefficient (Wildman–Crippen LogP) is 2.02. The Hall–Kier alpha value is -1.59. The fourth-order valence-corrected chi connectivity index (χ4v) is 3.26. The molecule has 1 aliphatic carbocycles. The van der Waals surface area contributed by atoms with Crippen LogP contribution >= 0.6 is 0 Å². The summed E-state index contributed by atoms with van der Waals surface area (Å²) in [6, 6.07) is 7.11. The molecule has 0 aromatic heterocycles. The molecule has 1 saturated heterocycles. The first-order valence-electron chi connectivity index (χ1n) is 7.56. The minimum absolute atomic E-state index is 0.282. The fraction of sp³-hybridized carbons (Fsp3) is 0.562. The van der Waals surface area contributed by atoms with Crippen molar-refractivity contribution in [1.29, 1.82) is 0 Å². The summed E-state index contributed by atoms with van der Waals surface area (Å²) in [5, 5.41) is 8.85. The first-order valence-corrected chi connectivity index (χ1v) is 7.56. The number of carboxylic acids is 1. The van der Waals surface area contributed by atoms with Gasteiger partial charge in [-0.15, -0.1) is 0 Å². The number of rotatable bonds is 5. The van der Waals surface area contributed by atoms with E-state index in [-0.39, 0.29) is 5.56 Å². The Morgan fingerprint density at radius 2 is 2.14 bits per heavy atom. The van der Waals surface area contributed by atoms with Crippen molar-refractivity contribution in [3.05, 3.63) is 29.8 Å². The van der Waals surface area contributed by atoms with E-state index in [4.69, 9.17) is 14.6 Å². The lowest BCUT2D eigenvalue weighted by atomic mass is 10.1. The number of hydrogen-bond acceptors (Lipinski definition) is 4. The van der Waals surface area contributed by atoms with E-state index in [1.165, 1.54) is 19.3 Å². The van der Waals surface area contributed by atoms with Gasteiger partial charge in [0.15, 0.2) is 0 Å². The third kappa shape index (κ3) is 3.36. The maximum absolute atomic E-state index is 10.8. The Morgan fingerprint density at radius 1 is 1.33 bits per heavy atom. The Morgan fingerprint density at radius 3 is 2.90 bits per heavy atom. The molecule has 0 amide bonds. The zero-order chi connectivity index (χ0) is 14.7. The Balaban J connectivity index is 1.48. The van der Waals surface area contributed by atoms with E-state index in [9.17, 15) is 4.79 Å². The molecule has 1 saturated carbocycles. The van der Waals surface area contributed by atoms with Gasteiger partial charge in [-0.25, -0.2) is 4.79 Å². The summed E-state index contributed by atoms with van der Waals surface area (Å²) in [6.07, 6.45) is 4.06. The van der Waals surface area contributed by atoms with Gasteiger partial charge in [-0.05, 0) is 43.5 Å². The number of hydrogen-bond donors (Lipinski definition) is 1. The minimum atomic E-state index is -0.915. The molecule has 5 heteroatoms. The molecule has 2 aliphatic rings. The molecule has 2 unspecified atom stereocenters. The van der Waals surface area contributed by atoms with Gasteiger partial charge in [0.25, 0.3) is 0 Å². The van der Waals surface area contributed by atoms with Gasteiger partial charge in [0.1, 0.15) is 12.4 Å². The topological polar surface area (TPSA) is 59.0 Å². The highest BCUT2D eigenvalue weighted by molar-refractivity contribution is 5.87. The third-order valence-electron chi connectivity index (χ3n) is 4.35. The summed E-state index contributed by atoms with van der Waals surface area (Å²) in [6.45, 7) is 3.30. The van der Waals surface area contributed by atoms with Crippen molar-refractivity contribution < 1.29 is 19.4 Å². The van der Waals surface area contributed by atoms with E-state index < -0.39 is 5.97 Å². The standard InChI is InChI=1S/C16H21NO4/c18-16(19)12-4-6-13(7-5-12)20-10-8-17-9-11-21-15-3-1-2-14(15)17/h4-7,14-15H,1-3,8-11H2,(H,18,19). The molecular formula is C16H21NO4. The minimum Gasteiger partial charge on any atom is -0.492 e. The van der Waals surface area contributed by atoms with Crippen molar-refractivity contribution >= 4 is 5.97 Å². The zero-order valence-electron chi connectivity index (χ0n) is 12.0. The Labute approximate surface area is 124 Å². The lowest BCUT2D eigenvalue weighted by Gasteiger charge is -2.37. The summed E-state index contributed by atoms with van der Waals surface area (Å²) in [5.74, 6) is -0.196. The fourth-order valence-electron chi connectivity index (χ4n) is 3.26. The van der Waals surface area contributed by atoms with Crippen LogP contribution in [0.15, 0.2) is 24.3 Å². The number of carbonyl (C=O) groups is 1. The van der Waals surface area contributed by atoms with Gasteiger partial charge in [-0.3, -0.25) is 4.90 Å². The van der Waals surface area contributed by atoms with Crippen molar-refractivity contribution in [2.24, 2.45) is 0 Å². The van der Waals surface area contributed by atoms with Crippen LogP contribution in [0.3, 0.4) is 0 Å². The van der Waals surface area contributed by atoms with Crippen LogP contribution < -0.4 is 4.74 Å². The SMILES string of the molecule is O=C(O)c1ccc(OCCN2CCOC3CCCC32)cc1. The molecule has 0 spiro atoms. The molecule has 21 heavy (non-hydrogen) atoms. The van der Waals surface area contributed by atoms with E-state index in [1.807, 2.05) is 0 Å². The van der Waals surface area contributed by atoms with Gasteiger partial charge in [0.2, 0.25) is 0 Å². The molecule has 0 radical (unpaired) electrons. The van der Waals surface area contributed by atoms with Crippen molar-refractivity contribution in [2.45, 2.75) is 31.4 Å². The van der Waals surface area contributed by atoms with Gasteiger partial charge >= 0.3 is 5.97 Å². The molecule has 1 aliphatic heterocycles. The molecule has 3 rings (SSSR count). The highest BCUT2D eigenvalue weighted by Gasteiger charge is 2.35. The van der Waals surface area contributed by atoms with Crippen LogP contribution in [0.1, 0.15) is 29.6 Å². The van der Waals surface area contributed by atoms with Crippen LogP contribution in [0.4, 0.5) is 0 Å². The molecule has 5 nitrogen and oxygen atoms in total. The number of aromatic carboxylic acids is 1. The van der Waals surface area contributed by atoms with E-state index in [0.717, 1.165) is 25.4 Å². The lowest BCUT2D eigenvalue weighted by molar-refractivity contribution is -0.0583. The molecule has 1 aromatic carbocycles. The number of morpholine rings is 1. The van der Waals surface area contributed by atoms with Crippen molar-refractivity contribution in [1.82, 2.24) is 4.90 Å². The monoisotopic (exact) mass is 291 g/mol. The molecular weight excluding hydrogens is 270 g/mol. The Kier molecular flexibility index (Phi) is 4.41. The number of nitrogens with zero attached hydrogens (tertiary/aromatic N) is 1. The highest BCUT2D eigenvalue weighted by atomic mass is 16.5. The van der Waals surface area contributed by atoms with Crippen LogP contribution in [0.2, 0.25) is 0 Å². The number of carboxylic acid groups (broad SMARTS) is 1. The Bertz CT molecular complexity index is 488. The van der Waals surface area contributed by atoms with Crippen molar-refractivity contribution in [2.75, 3.05) is 26.3 Å². The van der Waals surface area contributed by atoms with Gasteiger partial charge < -0.3 is 14.6 Å². The average molecular weight is 291 g/mol. The predicted molar refractivity (Wildman–Crippen MR) is 77.8 cm³/mol. The molecule has 2 atom stereocenters. The molecule has 1 heterocycles. The summed E-state index contributed by atoms with van der Waals surface area (Å²) in [4.78, 5) is 13.2. The smallest absolute Gasteiger partial charge is 0.335 e. The zero-order valence-corrected chi connectivity index (χ0v) is 12.0. The van der Waals surface area contributed by atoms with Crippen LogP contribution in [0.5, 0.6) is 5.75 Å². The first-order chi connectivity index (χ1) is 10.2. The van der Waals surface area contributed by atoms with Crippen LogP contribution in [0.25, 0.3) is 0 Å². The summed E-state index contributed by atoms with van der Waals surface area (Å²) in [5.41, 5.74) is 0.282. The third-order valence-corrected chi connectivity index (χ3v) is 4.35.